The molecule has 0 aromatic carbocycles. The summed E-state index contributed by atoms with van der Waals surface area (Å²) in [5, 5.41) is 0. The summed E-state index contributed by atoms with van der Waals surface area (Å²) in [6.07, 6.45) is 4.07. The third-order valence-corrected chi connectivity index (χ3v) is 3.55. The van der Waals surface area contributed by atoms with Crippen LogP contribution >= 0.6 is 0 Å². The molecule has 3 heteroatoms. The van der Waals surface area contributed by atoms with Crippen molar-refractivity contribution in [1.29, 1.82) is 0 Å². The maximum atomic E-state index is 5.89. The molecule has 0 bridgehead atoms. The van der Waals surface area contributed by atoms with Gasteiger partial charge in [-0.1, -0.05) is 6.92 Å². The molecule has 2 fully saturated rings. The Bertz CT molecular complexity index is 186. The normalized spacial score (nSPS) is 39.4. The van der Waals surface area contributed by atoms with Gasteiger partial charge in [-0.3, -0.25) is 0 Å². The Morgan fingerprint density at radius 3 is 2.93 bits per heavy atom. The van der Waals surface area contributed by atoms with Gasteiger partial charge in [0, 0.05) is 25.7 Å². The predicted octanol–water partition coefficient (Wildman–Crippen LogP) is 0.835. The zero-order valence-electron chi connectivity index (χ0n) is 9.11. The van der Waals surface area contributed by atoms with E-state index in [1.807, 2.05) is 0 Å². The van der Waals surface area contributed by atoms with Crippen LogP contribution < -0.4 is 5.73 Å². The maximum absolute atomic E-state index is 5.89. The molecule has 82 valence electrons. The largest absolute Gasteiger partial charge is 0.378 e. The number of hydrogen-bond acceptors (Lipinski definition) is 3. The number of rotatable bonds is 3. The number of nitrogens with two attached hydrogens (primary N) is 1. The predicted molar refractivity (Wildman–Crippen MR) is 57.2 cm³/mol. The van der Waals surface area contributed by atoms with Gasteiger partial charge in [-0.05, 0) is 31.7 Å². The molecule has 0 spiro atoms. The van der Waals surface area contributed by atoms with Gasteiger partial charge in [-0.15, -0.1) is 0 Å². The van der Waals surface area contributed by atoms with Crippen LogP contribution in [0.3, 0.4) is 0 Å². The van der Waals surface area contributed by atoms with Gasteiger partial charge in [0.25, 0.3) is 0 Å². The van der Waals surface area contributed by atoms with E-state index in [1.54, 1.807) is 0 Å². The first-order chi connectivity index (χ1) is 6.79. The van der Waals surface area contributed by atoms with Crippen molar-refractivity contribution < 1.29 is 4.74 Å². The van der Waals surface area contributed by atoms with Crippen LogP contribution in [0.5, 0.6) is 0 Å². The van der Waals surface area contributed by atoms with Crippen molar-refractivity contribution in [2.75, 3.05) is 26.2 Å². The van der Waals surface area contributed by atoms with E-state index in [-0.39, 0.29) is 0 Å². The maximum Gasteiger partial charge on any atom is 0.0613 e. The van der Waals surface area contributed by atoms with Gasteiger partial charge in [0.2, 0.25) is 0 Å². The summed E-state index contributed by atoms with van der Waals surface area (Å²) in [4.78, 5) is 2.51. The lowest BCUT2D eigenvalue weighted by molar-refractivity contribution is 0.0781. The molecule has 0 radical (unpaired) electrons. The number of likely N-dealkylation sites (tertiary alicyclic amines) is 1. The third-order valence-electron chi connectivity index (χ3n) is 3.55. The van der Waals surface area contributed by atoms with Gasteiger partial charge in [0.05, 0.1) is 6.10 Å². The first kappa shape index (κ1) is 10.4. The number of ether oxygens (including phenoxy) is 1. The van der Waals surface area contributed by atoms with Crippen LogP contribution in [0.15, 0.2) is 0 Å². The minimum atomic E-state index is 0.414. The molecule has 3 unspecified atom stereocenters. The minimum absolute atomic E-state index is 0.414. The SMILES string of the molecule is CCC1OCCC1CN1CCC(N)C1. The van der Waals surface area contributed by atoms with E-state index >= 15 is 0 Å². The summed E-state index contributed by atoms with van der Waals surface area (Å²) in [5.74, 6) is 0.755. The van der Waals surface area contributed by atoms with E-state index in [0.717, 1.165) is 25.5 Å². The summed E-state index contributed by atoms with van der Waals surface area (Å²) < 4.78 is 5.69. The van der Waals surface area contributed by atoms with Crippen molar-refractivity contribution in [2.24, 2.45) is 11.7 Å². The summed E-state index contributed by atoms with van der Waals surface area (Å²) in [6.45, 7) is 6.66. The Morgan fingerprint density at radius 2 is 2.29 bits per heavy atom. The lowest BCUT2D eigenvalue weighted by atomic mass is 9.99. The van der Waals surface area contributed by atoms with E-state index in [4.69, 9.17) is 10.5 Å². The summed E-state index contributed by atoms with van der Waals surface area (Å²) in [7, 11) is 0. The van der Waals surface area contributed by atoms with E-state index in [2.05, 4.69) is 11.8 Å². The van der Waals surface area contributed by atoms with Crippen LogP contribution in [-0.2, 0) is 4.74 Å². The van der Waals surface area contributed by atoms with Crippen molar-refractivity contribution in [2.45, 2.75) is 38.3 Å². The first-order valence-corrected chi connectivity index (χ1v) is 5.89. The van der Waals surface area contributed by atoms with Crippen LogP contribution in [0, 0.1) is 5.92 Å². The molecule has 2 N–H and O–H groups in total. The monoisotopic (exact) mass is 198 g/mol. The molecule has 0 saturated carbocycles. The average molecular weight is 198 g/mol. The molecule has 3 nitrogen and oxygen atoms in total. The standard InChI is InChI=1S/C11H22N2O/c1-2-11-9(4-6-14-11)7-13-5-3-10(12)8-13/h9-11H,2-8,12H2,1H3. The van der Waals surface area contributed by atoms with Gasteiger partial charge >= 0.3 is 0 Å². The lowest BCUT2D eigenvalue weighted by Gasteiger charge is -2.23. The highest BCUT2D eigenvalue weighted by atomic mass is 16.5. The van der Waals surface area contributed by atoms with Gasteiger partial charge in [0.15, 0.2) is 0 Å². The number of hydrogen-bond donors (Lipinski definition) is 1. The fraction of sp³-hybridized carbons (Fsp3) is 1.00. The van der Waals surface area contributed by atoms with E-state index in [0.29, 0.717) is 12.1 Å². The Labute approximate surface area is 86.6 Å². The van der Waals surface area contributed by atoms with E-state index < -0.39 is 0 Å². The topological polar surface area (TPSA) is 38.5 Å². The summed E-state index contributed by atoms with van der Waals surface area (Å²) in [5.41, 5.74) is 5.89. The second kappa shape index (κ2) is 4.60. The summed E-state index contributed by atoms with van der Waals surface area (Å²) in [6, 6.07) is 0.414. The Balaban J connectivity index is 1.79. The van der Waals surface area contributed by atoms with Crippen molar-refractivity contribution >= 4 is 0 Å². The van der Waals surface area contributed by atoms with Gasteiger partial charge in [0.1, 0.15) is 0 Å². The van der Waals surface area contributed by atoms with Crippen LogP contribution in [0.4, 0.5) is 0 Å². The molecule has 0 aliphatic carbocycles. The summed E-state index contributed by atoms with van der Waals surface area (Å²) >= 11 is 0. The molecule has 2 saturated heterocycles. The fourth-order valence-corrected chi connectivity index (χ4v) is 2.71. The molecule has 2 aliphatic heterocycles. The van der Waals surface area contributed by atoms with Gasteiger partial charge in [-0.2, -0.15) is 0 Å². The zero-order chi connectivity index (χ0) is 9.97. The molecule has 2 heterocycles. The highest BCUT2D eigenvalue weighted by molar-refractivity contribution is 4.83. The molecule has 2 aliphatic rings. The third kappa shape index (κ3) is 2.27. The van der Waals surface area contributed by atoms with Gasteiger partial charge in [-0.25, -0.2) is 0 Å². The Hall–Kier alpha value is -0.120. The fourth-order valence-electron chi connectivity index (χ4n) is 2.71. The highest BCUT2D eigenvalue weighted by Crippen LogP contribution is 2.25. The zero-order valence-corrected chi connectivity index (χ0v) is 9.11. The minimum Gasteiger partial charge on any atom is -0.378 e. The highest BCUT2D eigenvalue weighted by Gasteiger charge is 2.30. The van der Waals surface area contributed by atoms with Crippen molar-refractivity contribution in [3.8, 4) is 0 Å². The molecule has 0 amide bonds. The first-order valence-electron chi connectivity index (χ1n) is 5.89. The second-order valence-electron chi connectivity index (χ2n) is 4.67. The molecular formula is C11H22N2O. The molecule has 0 aromatic heterocycles. The van der Waals surface area contributed by atoms with Crippen molar-refractivity contribution in [3.05, 3.63) is 0 Å². The van der Waals surface area contributed by atoms with Crippen LogP contribution in [-0.4, -0.2) is 43.3 Å². The molecule has 3 atom stereocenters. The smallest absolute Gasteiger partial charge is 0.0613 e. The lowest BCUT2D eigenvalue weighted by Crippen LogP contribution is -2.33. The number of nitrogens with zero attached hydrogens (tertiary/aromatic N) is 1. The van der Waals surface area contributed by atoms with Crippen molar-refractivity contribution in [1.82, 2.24) is 4.90 Å². The average Bonchev–Trinajstić information content (AvgIpc) is 2.76. The van der Waals surface area contributed by atoms with E-state index in [9.17, 15) is 0 Å². The molecular weight excluding hydrogens is 176 g/mol. The van der Waals surface area contributed by atoms with Crippen LogP contribution in [0.2, 0.25) is 0 Å². The van der Waals surface area contributed by atoms with Crippen molar-refractivity contribution in [3.63, 3.8) is 0 Å². The van der Waals surface area contributed by atoms with E-state index in [1.165, 1.54) is 25.9 Å². The van der Waals surface area contributed by atoms with Gasteiger partial charge < -0.3 is 15.4 Å². The molecule has 0 aromatic rings. The Kier molecular flexibility index (Phi) is 3.42. The molecule has 14 heavy (non-hydrogen) atoms. The van der Waals surface area contributed by atoms with Crippen LogP contribution in [0.25, 0.3) is 0 Å². The molecule has 2 rings (SSSR count). The second-order valence-corrected chi connectivity index (χ2v) is 4.67. The van der Waals surface area contributed by atoms with Crippen LogP contribution in [0.1, 0.15) is 26.2 Å². The quantitative estimate of drug-likeness (QED) is 0.730. The Morgan fingerprint density at radius 1 is 1.43 bits per heavy atom.